The van der Waals surface area contributed by atoms with Crippen LogP contribution in [0.2, 0.25) is 0 Å². The Hall–Kier alpha value is -6.42. The summed E-state index contributed by atoms with van der Waals surface area (Å²) in [5, 5.41) is 13.4. The molecule has 12 heteroatoms. The number of hydrogen-bond acceptors (Lipinski definition) is 11. The van der Waals surface area contributed by atoms with Crippen LogP contribution in [-0.2, 0) is 18.9 Å². The molecule has 7 rings (SSSR count). The van der Waals surface area contributed by atoms with Crippen molar-refractivity contribution in [3.8, 4) is 6.07 Å². The predicted octanol–water partition coefficient (Wildman–Crippen LogP) is 5.94. The molecule has 0 saturated carbocycles. The van der Waals surface area contributed by atoms with Crippen LogP contribution in [0.15, 0.2) is 128 Å². The molecule has 4 aromatic carbocycles. The first-order valence-electron chi connectivity index (χ1n) is 16.7. The third kappa shape index (κ3) is 7.22. The second-order valence-corrected chi connectivity index (χ2v) is 12.1. The second kappa shape index (κ2) is 15.6. The average molecular weight is 695 g/mol. The number of nitrogens with zero attached hydrogens (tertiary/aromatic N) is 5. The maximum absolute atomic E-state index is 13.5. The number of rotatable bonds is 12. The molecule has 1 fully saturated rings. The van der Waals surface area contributed by atoms with Gasteiger partial charge in [-0.15, -0.1) is 0 Å². The summed E-state index contributed by atoms with van der Waals surface area (Å²) in [5.74, 6) is -1.09. The van der Waals surface area contributed by atoms with Crippen molar-refractivity contribution in [2.24, 2.45) is 0 Å². The van der Waals surface area contributed by atoms with Crippen molar-refractivity contribution < 1.29 is 28.5 Å². The van der Waals surface area contributed by atoms with E-state index in [4.69, 9.17) is 18.9 Å². The zero-order chi connectivity index (χ0) is 35.9. The molecular weight excluding hydrogens is 660 g/mol. The molecule has 12 nitrogen and oxygen atoms in total. The van der Waals surface area contributed by atoms with E-state index in [1.807, 2.05) is 42.5 Å². The number of hydrogen-bond donors (Lipinski definition) is 1. The molecule has 52 heavy (non-hydrogen) atoms. The average Bonchev–Trinajstić information content (AvgIpc) is 3.77. The van der Waals surface area contributed by atoms with Gasteiger partial charge in [-0.05, 0) is 35.4 Å². The third-order valence-electron chi connectivity index (χ3n) is 8.79. The summed E-state index contributed by atoms with van der Waals surface area (Å²) < 4.78 is 25.6. The van der Waals surface area contributed by atoms with Gasteiger partial charge >= 0.3 is 11.9 Å². The minimum Gasteiger partial charge on any atom is -0.452 e. The molecule has 1 aliphatic heterocycles. The van der Waals surface area contributed by atoms with Gasteiger partial charge in [0.05, 0.1) is 24.1 Å². The number of methoxy groups -OCH3 is 1. The Kier molecular flexibility index (Phi) is 10.2. The minimum absolute atomic E-state index is 0.0147. The molecule has 260 valence electrons. The van der Waals surface area contributed by atoms with Crippen molar-refractivity contribution in [3.63, 3.8) is 0 Å². The Labute approximate surface area is 299 Å². The highest BCUT2D eigenvalue weighted by molar-refractivity contribution is 5.90. The zero-order valence-electron chi connectivity index (χ0n) is 28.1. The monoisotopic (exact) mass is 694 g/mol. The van der Waals surface area contributed by atoms with E-state index < -0.39 is 36.5 Å². The number of carbonyl (C=O) groups is 2. The molecule has 0 aliphatic carbocycles. The Morgan fingerprint density at radius 2 is 1.35 bits per heavy atom. The largest absolute Gasteiger partial charge is 0.452 e. The number of imidazole rings is 1. The fourth-order valence-corrected chi connectivity index (χ4v) is 6.30. The molecule has 1 N–H and O–H groups in total. The van der Waals surface area contributed by atoms with Crippen molar-refractivity contribution in [1.82, 2.24) is 19.5 Å². The van der Waals surface area contributed by atoms with Crippen LogP contribution in [0, 0.1) is 11.3 Å². The van der Waals surface area contributed by atoms with Crippen molar-refractivity contribution in [3.05, 3.63) is 156 Å². The number of fused-ring (bicyclic) bond motifs is 1. The molecule has 0 unspecified atom stereocenters. The van der Waals surface area contributed by atoms with Crippen molar-refractivity contribution in [2.45, 2.75) is 30.5 Å². The van der Waals surface area contributed by atoms with E-state index in [-0.39, 0.29) is 24.0 Å². The van der Waals surface area contributed by atoms with E-state index in [9.17, 15) is 14.9 Å². The third-order valence-corrected chi connectivity index (χ3v) is 8.79. The van der Waals surface area contributed by atoms with Crippen LogP contribution in [0.5, 0.6) is 0 Å². The lowest BCUT2D eigenvalue weighted by Crippen LogP contribution is -2.41. The quantitative estimate of drug-likeness (QED) is 0.152. The number of aromatic nitrogens is 4. The Morgan fingerprint density at radius 3 is 1.88 bits per heavy atom. The molecule has 3 heterocycles. The normalized spacial score (nSPS) is 18.2. The lowest BCUT2D eigenvalue weighted by Gasteiger charge is -2.25. The number of carbonyl (C=O) groups excluding carboxylic acids is 2. The molecular formula is C40H34N6O6. The van der Waals surface area contributed by atoms with Crippen molar-refractivity contribution in [1.29, 1.82) is 5.26 Å². The summed E-state index contributed by atoms with van der Waals surface area (Å²) in [6, 6.07) is 39.2. The summed E-state index contributed by atoms with van der Waals surface area (Å²) in [6.07, 6.45) is -2.70. The van der Waals surface area contributed by atoms with Gasteiger partial charge in [0.2, 0.25) is 5.82 Å². The van der Waals surface area contributed by atoms with Crippen LogP contribution < -0.4 is 5.32 Å². The summed E-state index contributed by atoms with van der Waals surface area (Å²) in [6.45, 7) is 0.448. The van der Waals surface area contributed by atoms with Gasteiger partial charge in [0, 0.05) is 19.6 Å². The van der Waals surface area contributed by atoms with Crippen molar-refractivity contribution >= 4 is 28.9 Å². The predicted molar refractivity (Wildman–Crippen MR) is 190 cm³/mol. The standard InChI is InChI=1S/C40H34N6O6/c1-49-24-31-34(51-39(47)28-18-10-4-11-19-28)35(52-40(48)29-20-12-5-13-21-29)38(50-31)46-25-43-33-36(44-32(22-41)45-37(33)46)42-23-30(26-14-6-2-7-15-26)27-16-8-3-9-17-27/h2-21,25,30-31,34-35,38H,23-24H2,1H3,(H,42,44,45)/t31-,34-,35-,38-/m1/s1. The number of nitriles is 1. The van der Waals surface area contributed by atoms with E-state index in [2.05, 4.69) is 44.5 Å². The number of nitrogens with one attached hydrogen (secondary N) is 1. The Morgan fingerprint density at radius 1 is 0.808 bits per heavy atom. The first-order valence-corrected chi connectivity index (χ1v) is 16.7. The van der Waals surface area contributed by atoms with E-state index in [0.29, 0.717) is 29.0 Å². The maximum atomic E-state index is 13.5. The van der Waals surface area contributed by atoms with Crippen LogP contribution >= 0.6 is 0 Å². The molecule has 1 saturated heterocycles. The number of anilines is 1. The van der Waals surface area contributed by atoms with Gasteiger partial charge in [0.15, 0.2) is 35.4 Å². The van der Waals surface area contributed by atoms with Crippen LogP contribution in [0.3, 0.4) is 0 Å². The van der Waals surface area contributed by atoms with Crippen molar-refractivity contribution in [2.75, 3.05) is 25.6 Å². The topological polar surface area (TPSA) is 150 Å². The van der Waals surface area contributed by atoms with Gasteiger partial charge in [-0.3, -0.25) is 4.57 Å². The fourth-order valence-electron chi connectivity index (χ4n) is 6.30. The van der Waals surface area contributed by atoms with Gasteiger partial charge < -0.3 is 24.3 Å². The summed E-state index contributed by atoms with van der Waals surface area (Å²) in [4.78, 5) is 40.5. The number of benzene rings is 4. The first kappa shape index (κ1) is 34.0. The highest BCUT2D eigenvalue weighted by atomic mass is 16.7. The molecule has 0 spiro atoms. The van der Waals surface area contributed by atoms with Gasteiger partial charge in [-0.25, -0.2) is 14.6 Å². The first-order chi connectivity index (χ1) is 25.5. The highest BCUT2D eigenvalue weighted by Crippen LogP contribution is 2.37. The van der Waals surface area contributed by atoms with Crippen LogP contribution in [0.4, 0.5) is 5.82 Å². The maximum Gasteiger partial charge on any atom is 0.338 e. The van der Waals surface area contributed by atoms with E-state index >= 15 is 0 Å². The molecule has 2 aromatic heterocycles. The Balaban J connectivity index is 1.26. The molecule has 1 aliphatic rings. The van der Waals surface area contributed by atoms with E-state index in [0.717, 1.165) is 11.1 Å². The second-order valence-electron chi connectivity index (χ2n) is 12.1. The number of ether oxygens (including phenoxy) is 4. The smallest absolute Gasteiger partial charge is 0.338 e. The van der Waals surface area contributed by atoms with Crippen LogP contribution in [0.25, 0.3) is 11.2 Å². The zero-order valence-corrected chi connectivity index (χ0v) is 28.1. The molecule has 0 radical (unpaired) electrons. The Bertz CT molecular complexity index is 2140. The van der Waals surface area contributed by atoms with Crippen LogP contribution in [0.1, 0.15) is 49.8 Å². The highest BCUT2D eigenvalue weighted by Gasteiger charge is 2.51. The number of esters is 2. The summed E-state index contributed by atoms with van der Waals surface area (Å²) in [7, 11) is 1.49. The lowest BCUT2D eigenvalue weighted by molar-refractivity contribution is -0.0622. The van der Waals surface area contributed by atoms with E-state index in [1.54, 1.807) is 65.2 Å². The molecule has 0 bridgehead atoms. The summed E-state index contributed by atoms with van der Waals surface area (Å²) >= 11 is 0. The molecule has 6 aromatic rings. The van der Waals surface area contributed by atoms with Gasteiger partial charge in [-0.1, -0.05) is 97.1 Å². The van der Waals surface area contributed by atoms with Gasteiger partial charge in [0.25, 0.3) is 0 Å². The van der Waals surface area contributed by atoms with E-state index in [1.165, 1.54) is 13.4 Å². The SMILES string of the molecule is COC[C@H]1O[C@@H](n2cnc3c(NCC(c4ccccc4)c4ccccc4)nc(C#N)nc32)[C@H](OC(=O)c2ccccc2)[C@@H]1OC(=O)c1ccccc1. The van der Waals surface area contributed by atoms with Crippen LogP contribution in [-0.4, -0.2) is 70.0 Å². The summed E-state index contributed by atoms with van der Waals surface area (Å²) in [5.41, 5.74) is 3.42. The fraction of sp³-hybridized carbons (Fsp3) is 0.200. The van der Waals surface area contributed by atoms with Gasteiger partial charge in [0.1, 0.15) is 12.2 Å². The minimum atomic E-state index is -1.17. The molecule has 4 atom stereocenters. The molecule has 0 amide bonds. The van der Waals surface area contributed by atoms with Gasteiger partial charge in [-0.2, -0.15) is 15.2 Å². The lowest BCUT2D eigenvalue weighted by atomic mass is 9.91.